The summed E-state index contributed by atoms with van der Waals surface area (Å²) < 4.78 is 0. The number of hydrogen-bond acceptors (Lipinski definition) is 3. The molecule has 3 aromatic rings. The zero-order chi connectivity index (χ0) is 23.5. The summed E-state index contributed by atoms with van der Waals surface area (Å²) in [5.74, 6) is -0.650. The first-order valence-corrected chi connectivity index (χ1v) is 10.7. The number of pyridine rings is 1. The van der Waals surface area contributed by atoms with Gasteiger partial charge in [0.25, 0.3) is 11.8 Å². The molecule has 1 aromatic heterocycles. The van der Waals surface area contributed by atoms with Gasteiger partial charge in [0, 0.05) is 23.1 Å². The van der Waals surface area contributed by atoms with Gasteiger partial charge >= 0.3 is 0 Å². The molecule has 0 spiro atoms. The van der Waals surface area contributed by atoms with Crippen molar-refractivity contribution in [1.29, 1.82) is 0 Å². The lowest BCUT2D eigenvalue weighted by molar-refractivity contribution is 0.102. The highest BCUT2D eigenvalue weighted by molar-refractivity contribution is 6.07. The third kappa shape index (κ3) is 5.82. The van der Waals surface area contributed by atoms with E-state index in [1.807, 2.05) is 48.5 Å². The highest BCUT2D eigenvalue weighted by atomic mass is 16.2. The molecule has 0 radical (unpaired) electrons. The second kappa shape index (κ2) is 8.95. The van der Waals surface area contributed by atoms with Crippen LogP contribution in [0.4, 0.5) is 11.4 Å². The van der Waals surface area contributed by atoms with E-state index in [0.29, 0.717) is 16.9 Å². The van der Waals surface area contributed by atoms with Crippen LogP contribution in [0, 0.1) is 0 Å². The summed E-state index contributed by atoms with van der Waals surface area (Å²) in [6, 6.07) is 18.6. The molecular formula is C27H31N3O2. The molecule has 1 heterocycles. The normalized spacial score (nSPS) is 11.7. The quantitative estimate of drug-likeness (QED) is 0.520. The molecular weight excluding hydrogens is 398 g/mol. The number of carbonyl (C=O) groups is 2. The first-order chi connectivity index (χ1) is 14.9. The molecule has 0 aliphatic heterocycles. The summed E-state index contributed by atoms with van der Waals surface area (Å²) in [5.41, 5.74) is 4.16. The summed E-state index contributed by atoms with van der Waals surface area (Å²) in [6.45, 7) is 12.7. The number of hydrogen-bond donors (Lipinski definition) is 2. The van der Waals surface area contributed by atoms with Crippen molar-refractivity contribution < 1.29 is 9.59 Å². The lowest BCUT2D eigenvalue weighted by Crippen LogP contribution is -2.18. The van der Waals surface area contributed by atoms with Crippen molar-refractivity contribution >= 4 is 23.2 Å². The zero-order valence-corrected chi connectivity index (χ0v) is 19.6. The SMILES string of the molecule is CC(C)(C)c1cccc(NC(=O)c2ccnc(C(=O)Nc3cccc(C(C)(C)C)c3)c2)c1. The largest absolute Gasteiger partial charge is 0.322 e. The third-order valence-corrected chi connectivity index (χ3v) is 5.23. The zero-order valence-electron chi connectivity index (χ0n) is 19.6. The molecule has 2 aromatic carbocycles. The van der Waals surface area contributed by atoms with Crippen LogP contribution in [-0.4, -0.2) is 16.8 Å². The highest BCUT2D eigenvalue weighted by Gasteiger charge is 2.17. The van der Waals surface area contributed by atoms with Gasteiger partial charge < -0.3 is 10.6 Å². The van der Waals surface area contributed by atoms with Crippen LogP contribution in [-0.2, 0) is 10.8 Å². The van der Waals surface area contributed by atoms with Crippen molar-refractivity contribution in [2.75, 3.05) is 10.6 Å². The molecule has 5 nitrogen and oxygen atoms in total. The highest BCUT2D eigenvalue weighted by Crippen LogP contribution is 2.26. The fourth-order valence-corrected chi connectivity index (χ4v) is 3.22. The fourth-order valence-electron chi connectivity index (χ4n) is 3.22. The lowest BCUT2D eigenvalue weighted by Gasteiger charge is -2.20. The van der Waals surface area contributed by atoms with Gasteiger partial charge in [-0.25, -0.2) is 0 Å². The molecule has 0 saturated heterocycles. The number of anilines is 2. The number of nitrogens with one attached hydrogen (secondary N) is 2. The van der Waals surface area contributed by atoms with E-state index < -0.39 is 0 Å². The van der Waals surface area contributed by atoms with E-state index in [2.05, 4.69) is 57.2 Å². The van der Waals surface area contributed by atoms with Gasteiger partial charge in [0.15, 0.2) is 0 Å². The molecule has 0 atom stereocenters. The summed E-state index contributed by atoms with van der Waals surface area (Å²) in [7, 11) is 0. The van der Waals surface area contributed by atoms with Gasteiger partial charge in [-0.05, 0) is 58.4 Å². The maximum atomic E-state index is 12.8. The van der Waals surface area contributed by atoms with Crippen LogP contribution in [0.3, 0.4) is 0 Å². The van der Waals surface area contributed by atoms with Crippen molar-refractivity contribution in [1.82, 2.24) is 4.98 Å². The molecule has 0 saturated carbocycles. The van der Waals surface area contributed by atoms with Crippen LogP contribution in [0.2, 0.25) is 0 Å². The van der Waals surface area contributed by atoms with E-state index in [-0.39, 0.29) is 28.3 Å². The van der Waals surface area contributed by atoms with Gasteiger partial charge in [0.1, 0.15) is 5.69 Å². The third-order valence-electron chi connectivity index (χ3n) is 5.23. The second-order valence-corrected chi connectivity index (χ2v) is 10.00. The summed E-state index contributed by atoms with van der Waals surface area (Å²) >= 11 is 0. The van der Waals surface area contributed by atoms with E-state index in [0.717, 1.165) is 11.1 Å². The standard InChI is InChI=1S/C27H31N3O2/c1-26(2,3)19-9-7-11-21(16-19)29-24(31)18-13-14-28-23(15-18)25(32)30-22-12-8-10-20(17-22)27(4,5)6/h7-17H,1-6H3,(H,29,31)(H,30,32). The van der Waals surface area contributed by atoms with E-state index in [4.69, 9.17) is 0 Å². The Bertz CT molecular complexity index is 1050. The van der Waals surface area contributed by atoms with Crippen LogP contribution in [0.5, 0.6) is 0 Å². The Hall–Kier alpha value is -3.47. The minimum absolute atomic E-state index is 0.0209. The molecule has 0 fully saturated rings. The second-order valence-electron chi connectivity index (χ2n) is 10.00. The Kier molecular flexibility index (Phi) is 6.49. The minimum Gasteiger partial charge on any atom is -0.322 e. The fraction of sp³-hybridized carbons (Fsp3) is 0.296. The van der Waals surface area contributed by atoms with Gasteiger partial charge in [-0.15, -0.1) is 0 Å². The van der Waals surface area contributed by atoms with Crippen molar-refractivity contribution in [2.24, 2.45) is 0 Å². The summed E-state index contributed by atoms with van der Waals surface area (Å²) in [5, 5.41) is 5.79. The average molecular weight is 430 g/mol. The van der Waals surface area contributed by atoms with Crippen LogP contribution >= 0.6 is 0 Å². The minimum atomic E-state index is -0.361. The molecule has 0 aliphatic carbocycles. The topological polar surface area (TPSA) is 71.1 Å². The number of benzene rings is 2. The maximum Gasteiger partial charge on any atom is 0.274 e. The predicted molar refractivity (Wildman–Crippen MR) is 130 cm³/mol. The molecule has 3 rings (SSSR count). The summed E-state index contributed by atoms with van der Waals surface area (Å²) in [4.78, 5) is 29.7. The Labute approximate surface area is 190 Å². The van der Waals surface area contributed by atoms with Crippen LogP contribution < -0.4 is 10.6 Å². The number of carbonyl (C=O) groups excluding carboxylic acids is 2. The van der Waals surface area contributed by atoms with Crippen molar-refractivity contribution in [3.8, 4) is 0 Å². The average Bonchev–Trinajstić information content (AvgIpc) is 2.73. The van der Waals surface area contributed by atoms with Gasteiger partial charge in [-0.1, -0.05) is 65.8 Å². The first kappa shape index (κ1) is 23.2. The van der Waals surface area contributed by atoms with Crippen LogP contribution in [0.15, 0.2) is 66.9 Å². The molecule has 2 amide bonds. The van der Waals surface area contributed by atoms with Crippen molar-refractivity contribution in [3.63, 3.8) is 0 Å². The van der Waals surface area contributed by atoms with Crippen LogP contribution in [0.25, 0.3) is 0 Å². The molecule has 0 unspecified atom stereocenters. The summed E-state index contributed by atoms with van der Waals surface area (Å²) in [6.07, 6.45) is 1.47. The van der Waals surface area contributed by atoms with Gasteiger partial charge in [0.2, 0.25) is 0 Å². The smallest absolute Gasteiger partial charge is 0.274 e. The Morgan fingerprint density at radius 3 is 1.69 bits per heavy atom. The first-order valence-electron chi connectivity index (χ1n) is 10.7. The van der Waals surface area contributed by atoms with Crippen LogP contribution in [0.1, 0.15) is 73.5 Å². The van der Waals surface area contributed by atoms with E-state index >= 15 is 0 Å². The molecule has 2 N–H and O–H groups in total. The van der Waals surface area contributed by atoms with E-state index in [9.17, 15) is 9.59 Å². The molecule has 32 heavy (non-hydrogen) atoms. The molecule has 166 valence electrons. The number of nitrogens with zero attached hydrogens (tertiary/aromatic N) is 1. The van der Waals surface area contributed by atoms with Crippen molar-refractivity contribution in [3.05, 3.63) is 89.2 Å². The Balaban J connectivity index is 1.75. The molecule has 5 heteroatoms. The molecule has 0 aliphatic rings. The lowest BCUT2D eigenvalue weighted by atomic mass is 9.87. The van der Waals surface area contributed by atoms with Crippen molar-refractivity contribution in [2.45, 2.75) is 52.4 Å². The number of rotatable bonds is 4. The molecule has 0 bridgehead atoms. The predicted octanol–water partition coefficient (Wildman–Crippen LogP) is 6.18. The number of aromatic nitrogens is 1. The Morgan fingerprint density at radius 1 is 0.688 bits per heavy atom. The monoisotopic (exact) mass is 429 g/mol. The van der Waals surface area contributed by atoms with E-state index in [1.54, 1.807) is 6.07 Å². The van der Waals surface area contributed by atoms with Gasteiger partial charge in [0.05, 0.1) is 0 Å². The van der Waals surface area contributed by atoms with E-state index in [1.165, 1.54) is 12.3 Å². The van der Waals surface area contributed by atoms with Gasteiger partial charge in [-0.2, -0.15) is 0 Å². The Morgan fingerprint density at radius 2 is 1.19 bits per heavy atom. The maximum absolute atomic E-state index is 12.8. The van der Waals surface area contributed by atoms with Gasteiger partial charge in [-0.3, -0.25) is 14.6 Å². The number of amides is 2.